The van der Waals surface area contributed by atoms with Crippen molar-refractivity contribution in [2.75, 3.05) is 19.5 Å². The zero-order chi connectivity index (χ0) is 16.7. The summed E-state index contributed by atoms with van der Waals surface area (Å²) in [6, 6.07) is 13.1. The van der Waals surface area contributed by atoms with Crippen molar-refractivity contribution < 1.29 is 14.3 Å². The predicted molar refractivity (Wildman–Crippen MR) is 92.5 cm³/mol. The van der Waals surface area contributed by atoms with E-state index in [0.29, 0.717) is 17.1 Å². The van der Waals surface area contributed by atoms with Crippen LogP contribution in [0.25, 0.3) is 0 Å². The Balaban J connectivity index is 2.01. The van der Waals surface area contributed by atoms with Gasteiger partial charge in [0.1, 0.15) is 0 Å². The Kier molecular flexibility index (Phi) is 5.80. The van der Waals surface area contributed by atoms with Crippen LogP contribution in [0.5, 0.6) is 11.5 Å². The molecule has 0 unspecified atom stereocenters. The summed E-state index contributed by atoms with van der Waals surface area (Å²) in [6.07, 6.45) is 4.10. The maximum absolute atomic E-state index is 12.1. The Morgan fingerprint density at radius 2 is 1.74 bits per heavy atom. The third kappa shape index (κ3) is 4.36. The van der Waals surface area contributed by atoms with Gasteiger partial charge in [0.2, 0.25) is 0 Å². The van der Waals surface area contributed by atoms with E-state index >= 15 is 0 Å². The van der Waals surface area contributed by atoms with Gasteiger partial charge >= 0.3 is 0 Å². The van der Waals surface area contributed by atoms with E-state index in [-0.39, 0.29) is 5.78 Å². The lowest BCUT2D eigenvalue weighted by atomic mass is 10.1. The minimum absolute atomic E-state index is 0.0411. The fourth-order valence-corrected chi connectivity index (χ4v) is 2.14. The second-order valence-corrected chi connectivity index (χ2v) is 4.96. The SMILES string of the molecule is CCc1ccc(C(=O)/C=C\Nc2ccc(OC)c(OC)c2)cc1. The van der Waals surface area contributed by atoms with Gasteiger partial charge in [-0.3, -0.25) is 4.79 Å². The highest BCUT2D eigenvalue weighted by Gasteiger charge is 2.04. The van der Waals surface area contributed by atoms with Crippen molar-refractivity contribution in [2.45, 2.75) is 13.3 Å². The van der Waals surface area contributed by atoms with Crippen LogP contribution in [0, 0.1) is 0 Å². The summed E-state index contributed by atoms with van der Waals surface area (Å²) in [7, 11) is 3.17. The van der Waals surface area contributed by atoms with Crippen LogP contribution in [-0.2, 0) is 6.42 Å². The molecule has 0 spiro atoms. The summed E-state index contributed by atoms with van der Waals surface area (Å²) in [5.41, 5.74) is 2.70. The van der Waals surface area contributed by atoms with E-state index in [2.05, 4.69) is 12.2 Å². The van der Waals surface area contributed by atoms with Gasteiger partial charge in [0.05, 0.1) is 14.2 Å². The number of hydrogen-bond donors (Lipinski definition) is 1. The number of ether oxygens (including phenoxy) is 2. The molecule has 0 saturated heterocycles. The first-order valence-corrected chi connectivity index (χ1v) is 7.46. The van der Waals surface area contributed by atoms with E-state index < -0.39 is 0 Å². The van der Waals surface area contributed by atoms with Crippen LogP contribution in [0.3, 0.4) is 0 Å². The molecule has 4 heteroatoms. The maximum atomic E-state index is 12.1. The predicted octanol–water partition coefficient (Wildman–Crippen LogP) is 4.07. The average molecular weight is 311 g/mol. The van der Waals surface area contributed by atoms with Gasteiger partial charge in [-0.2, -0.15) is 0 Å². The Morgan fingerprint density at radius 1 is 1.04 bits per heavy atom. The molecule has 0 aliphatic rings. The van der Waals surface area contributed by atoms with Crippen LogP contribution in [0.1, 0.15) is 22.8 Å². The van der Waals surface area contributed by atoms with Crippen LogP contribution >= 0.6 is 0 Å². The second kappa shape index (κ2) is 8.03. The molecule has 0 heterocycles. The molecule has 120 valence electrons. The number of methoxy groups -OCH3 is 2. The van der Waals surface area contributed by atoms with Gasteiger partial charge < -0.3 is 14.8 Å². The molecule has 0 amide bonds. The first kappa shape index (κ1) is 16.6. The zero-order valence-corrected chi connectivity index (χ0v) is 13.6. The summed E-state index contributed by atoms with van der Waals surface area (Å²) in [6.45, 7) is 2.09. The lowest BCUT2D eigenvalue weighted by Gasteiger charge is -2.09. The van der Waals surface area contributed by atoms with Crippen LogP contribution < -0.4 is 14.8 Å². The number of anilines is 1. The number of rotatable bonds is 7. The van der Waals surface area contributed by atoms with Crippen molar-refractivity contribution in [1.82, 2.24) is 0 Å². The second-order valence-electron chi connectivity index (χ2n) is 4.96. The van der Waals surface area contributed by atoms with Crippen LogP contribution in [0.2, 0.25) is 0 Å². The molecule has 1 N–H and O–H groups in total. The molecule has 0 saturated carbocycles. The normalized spacial score (nSPS) is 10.6. The maximum Gasteiger partial charge on any atom is 0.187 e. The fraction of sp³-hybridized carbons (Fsp3) is 0.211. The number of hydrogen-bond acceptors (Lipinski definition) is 4. The zero-order valence-electron chi connectivity index (χ0n) is 13.6. The standard InChI is InChI=1S/C19H21NO3/c1-4-14-5-7-15(8-6-14)17(21)11-12-20-16-9-10-18(22-2)19(13-16)23-3/h5-13,20H,4H2,1-3H3/b12-11-. The topological polar surface area (TPSA) is 47.6 Å². The molecule has 2 aromatic rings. The Bertz CT molecular complexity index is 690. The first-order chi connectivity index (χ1) is 11.2. The molecular formula is C19H21NO3. The fourth-order valence-electron chi connectivity index (χ4n) is 2.14. The third-order valence-corrected chi connectivity index (χ3v) is 3.51. The first-order valence-electron chi connectivity index (χ1n) is 7.46. The van der Waals surface area contributed by atoms with Gasteiger partial charge in [-0.1, -0.05) is 31.2 Å². The van der Waals surface area contributed by atoms with E-state index in [1.807, 2.05) is 36.4 Å². The number of ketones is 1. The highest BCUT2D eigenvalue weighted by atomic mass is 16.5. The smallest absolute Gasteiger partial charge is 0.187 e. The van der Waals surface area contributed by atoms with E-state index in [1.54, 1.807) is 26.5 Å². The minimum Gasteiger partial charge on any atom is -0.493 e. The van der Waals surface area contributed by atoms with Crippen molar-refractivity contribution in [3.05, 3.63) is 65.9 Å². The molecule has 0 aliphatic heterocycles. The van der Waals surface area contributed by atoms with Crippen LogP contribution in [0.4, 0.5) is 5.69 Å². The molecule has 23 heavy (non-hydrogen) atoms. The van der Waals surface area contributed by atoms with E-state index in [0.717, 1.165) is 12.1 Å². The van der Waals surface area contributed by atoms with Gasteiger partial charge in [-0.15, -0.1) is 0 Å². The average Bonchev–Trinajstić information content (AvgIpc) is 2.61. The summed E-state index contributed by atoms with van der Waals surface area (Å²) >= 11 is 0. The lowest BCUT2D eigenvalue weighted by molar-refractivity contribution is 0.104. The number of aryl methyl sites for hydroxylation is 1. The molecule has 0 fully saturated rings. The van der Waals surface area contributed by atoms with E-state index in [1.165, 1.54) is 11.6 Å². The van der Waals surface area contributed by atoms with Gasteiger partial charge in [0.25, 0.3) is 0 Å². The van der Waals surface area contributed by atoms with E-state index in [4.69, 9.17) is 9.47 Å². The number of carbonyl (C=O) groups is 1. The molecule has 0 bridgehead atoms. The molecular weight excluding hydrogens is 290 g/mol. The third-order valence-electron chi connectivity index (χ3n) is 3.51. The van der Waals surface area contributed by atoms with Crippen molar-refractivity contribution in [1.29, 1.82) is 0 Å². The molecule has 0 aliphatic carbocycles. The highest BCUT2D eigenvalue weighted by Crippen LogP contribution is 2.29. The van der Waals surface area contributed by atoms with Gasteiger partial charge in [0, 0.05) is 29.6 Å². The summed E-state index contributed by atoms with van der Waals surface area (Å²) in [5.74, 6) is 1.25. The summed E-state index contributed by atoms with van der Waals surface area (Å²) in [4.78, 5) is 12.1. The van der Waals surface area contributed by atoms with Crippen molar-refractivity contribution in [2.24, 2.45) is 0 Å². The van der Waals surface area contributed by atoms with Crippen molar-refractivity contribution in [3.63, 3.8) is 0 Å². The Labute approximate surface area is 136 Å². The number of benzene rings is 2. The summed E-state index contributed by atoms with van der Waals surface area (Å²) in [5, 5.41) is 3.06. The Hall–Kier alpha value is -2.75. The number of allylic oxidation sites excluding steroid dienone is 1. The van der Waals surface area contributed by atoms with Crippen LogP contribution in [0.15, 0.2) is 54.7 Å². The largest absolute Gasteiger partial charge is 0.493 e. The molecule has 2 aromatic carbocycles. The molecule has 0 atom stereocenters. The number of carbonyl (C=O) groups excluding carboxylic acids is 1. The van der Waals surface area contributed by atoms with Crippen molar-refractivity contribution in [3.8, 4) is 11.5 Å². The molecule has 0 aromatic heterocycles. The molecule has 4 nitrogen and oxygen atoms in total. The lowest BCUT2D eigenvalue weighted by Crippen LogP contribution is -1.97. The van der Waals surface area contributed by atoms with Crippen LogP contribution in [-0.4, -0.2) is 20.0 Å². The van der Waals surface area contributed by atoms with E-state index in [9.17, 15) is 4.79 Å². The molecule has 0 radical (unpaired) electrons. The molecule has 2 rings (SSSR count). The van der Waals surface area contributed by atoms with Gasteiger partial charge in [-0.05, 0) is 24.1 Å². The highest BCUT2D eigenvalue weighted by molar-refractivity contribution is 6.04. The summed E-state index contributed by atoms with van der Waals surface area (Å²) < 4.78 is 10.4. The van der Waals surface area contributed by atoms with Gasteiger partial charge in [-0.25, -0.2) is 0 Å². The minimum atomic E-state index is -0.0411. The monoisotopic (exact) mass is 311 g/mol. The number of nitrogens with one attached hydrogen (secondary N) is 1. The Morgan fingerprint density at radius 3 is 2.35 bits per heavy atom. The van der Waals surface area contributed by atoms with Crippen molar-refractivity contribution >= 4 is 11.5 Å². The quantitative estimate of drug-likeness (QED) is 0.618. The van der Waals surface area contributed by atoms with Gasteiger partial charge in [0.15, 0.2) is 17.3 Å².